The van der Waals surface area contributed by atoms with E-state index in [-0.39, 0.29) is 5.82 Å². The number of alkyl halides is 3. The molecular weight excluding hydrogens is 596 g/mol. The molecule has 0 radical (unpaired) electrons. The van der Waals surface area contributed by atoms with E-state index < -0.39 is 22.8 Å². The van der Waals surface area contributed by atoms with Gasteiger partial charge < -0.3 is 18.9 Å². The highest BCUT2D eigenvalue weighted by Crippen LogP contribution is 2.59. The SMILES string of the molecule is COc1ccc(C2(c3ccc(F)cc3)C=Cc3c4c(c5cc(OC)c(OC)cc5c3O2)-c2ccc(C(F)(F)F)cc2C4(C)C)cc1. The van der Waals surface area contributed by atoms with E-state index in [2.05, 4.69) is 0 Å². The molecule has 5 aromatic rings. The molecule has 234 valence electrons. The summed E-state index contributed by atoms with van der Waals surface area (Å²) in [6, 6.07) is 21.2. The quantitative estimate of drug-likeness (QED) is 0.182. The fraction of sp³-hybridized carbons (Fsp3) is 0.211. The summed E-state index contributed by atoms with van der Waals surface area (Å²) >= 11 is 0. The van der Waals surface area contributed by atoms with Crippen LogP contribution < -0.4 is 18.9 Å². The van der Waals surface area contributed by atoms with Crippen LogP contribution in [0.1, 0.15) is 47.2 Å². The maximum absolute atomic E-state index is 14.2. The standard InChI is InChI=1S/C38H30F4O4/c1-36(2)30-18-23(38(40,41)42)10-15-26(30)33-28-19-31(44-4)32(45-5)20-29(28)35-27(34(33)36)16-17-37(46-35,21-6-11-24(39)12-7-21)22-8-13-25(43-3)14-9-22/h6-20H,1-5H3. The summed E-state index contributed by atoms with van der Waals surface area (Å²) in [4.78, 5) is 0. The zero-order valence-electron chi connectivity index (χ0n) is 25.8. The third-order valence-corrected chi connectivity index (χ3v) is 9.26. The number of fused-ring (bicyclic) bond motifs is 8. The Balaban J connectivity index is 1.57. The van der Waals surface area contributed by atoms with Crippen LogP contribution in [-0.2, 0) is 17.2 Å². The fourth-order valence-electron chi connectivity index (χ4n) is 7.00. The van der Waals surface area contributed by atoms with E-state index in [1.165, 1.54) is 25.3 Å². The Kier molecular flexibility index (Phi) is 6.64. The lowest BCUT2D eigenvalue weighted by Crippen LogP contribution is -2.35. The largest absolute Gasteiger partial charge is 0.497 e. The number of hydrogen-bond acceptors (Lipinski definition) is 4. The number of methoxy groups -OCH3 is 3. The topological polar surface area (TPSA) is 36.9 Å². The van der Waals surface area contributed by atoms with Crippen molar-refractivity contribution in [1.29, 1.82) is 0 Å². The Morgan fingerprint density at radius 2 is 1.33 bits per heavy atom. The zero-order valence-corrected chi connectivity index (χ0v) is 25.8. The lowest BCUT2D eigenvalue weighted by molar-refractivity contribution is -0.137. The van der Waals surface area contributed by atoms with Gasteiger partial charge in [0.1, 0.15) is 17.3 Å². The first-order valence-corrected chi connectivity index (χ1v) is 14.7. The van der Waals surface area contributed by atoms with Crippen molar-refractivity contribution in [1.82, 2.24) is 0 Å². The Morgan fingerprint density at radius 1 is 0.717 bits per heavy atom. The molecule has 0 N–H and O–H groups in total. The lowest BCUT2D eigenvalue weighted by Gasteiger charge is -2.38. The number of halogens is 4. The molecule has 0 saturated heterocycles. The zero-order chi connectivity index (χ0) is 32.6. The van der Waals surface area contributed by atoms with Crippen LogP contribution in [-0.4, -0.2) is 21.3 Å². The van der Waals surface area contributed by atoms with Gasteiger partial charge in [-0.3, -0.25) is 0 Å². The second-order valence-electron chi connectivity index (χ2n) is 12.0. The molecule has 7 rings (SSSR count). The van der Waals surface area contributed by atoms with Crippen molar-refractivity contribution in [3.05, 3.63) is 124 Å². The van der Waals surface area contributed by atoms with Gasteiger partial charge in [-0.05, 0) is 82.2 Å². The average Bonchev–Trinajstić information content (AvgIpc) is 3.30. The predicted molar refractivity (Wildman–Crippen MR) is 169 cm³/mol. The predicted octanol–water partition coefficient (Wildman–Crippen LogP) is 9.68. The molecule has 0 aromatic heterocycles. The van der Waals surface area contributed by atoms with Crippen LogP contribution in [0.4, 0.5) is 17.6 Å². The number of benzene rings is 5. The molecule has 46 heavy (non-hydrogen) atoms. The molecule has 0 spiro atoms. The molecule has 1 unspecified atom stereocenters. The van der Waals surface area contributed by atoms with E-state index in [0.717, 1.165) is 33.7 Å². The molecular formula is C38H30F4O4. The maximum Gasteiger partial charge on any atom is 0.416 e. The molecule has 0 saturated carbocycles. The maximum atomic E-state index is 14.2. The van der Waals surface area contributed by atoms with Gasteiger partial charge in [-0.1, -0.05) is 50.3 Å². The second-order valence-corrected chi connectivity index (χ2v) is 12.0. The van der Waals surface area contributed by atoms with Crippen LogP contribution in [0.15, 0.2) is 84.9 Å². The van der Waals surface area contributed by atoms with Gasteiger partial charge in [0.05, 0.1) is 26.9 Å². The molecule has 1 aliphatic carbocycles. The van der Waals surface area contributed by atoms with Crippen LogP contribution in [0.25, 0.3) is 28.0 Å². The van der Waals surface area contributed by atoms with Crippen LogP contribution in [0.5, 0.6) is 23.0 Å². The summed E-state index contributed by atoms with van der Waals surface area (Å²) in [5.41, 5.74) is 2.45. The third-order valence-electron chi connectivity index (χ3n) is 9.26. The Bertz CT molecular complexity index is 2040. The minimum atomic E-state index is -4.49. The third kappa shape index (κ3) is 4.26. The average molecular weight is 627 g/mol. The van der Waals surface area contributed by atoms with E-state index in [1.807, 2.05) is 62.4 Å². The minimum Gasteiger partial charge on any atom is -0.497 e. The van der Waals surface area contributed by atoms with Crippen LogP contribution in [0, 0.1) is 5.82 Å². The van der Waals surface area contributed by atoms with E-state index >= 15 is 0 Å². The van der Waals surface area contributed by atoms with Gasteiger partial charge in [-0.15, -0.1) is 0 Å². The highest BCUT2D eigenvalue weighted by molar-refractivity contribution is 6.09. The second kappa shape index (κ2) is 10.3. The summed E-state index contributed by atoms with van der Waals surface area (Å²) in [7, 11) is 4.67. The van der Waals surface area contributed by atoms with Crippen molar-refractivity contribution in [2.75, 3.05) is 21.3 Å². The van der Waals surface area contributed by atoms with Gasteiger partial charge in [-0.2, -0.15) is 13.2 Å². The molecule has 8 heteroatoms. The first-order chi connectivity index (χ1) is 21.9. The normalized spacial score (nSPS) is 17.6. The van der Waals surface area contributed by atoms with Crippen LogP contribution in [0.3, 0.4) is 0 Å². The summed E-state index contributed by atoms with van der Waals surface area (Å²) in [6.07, 6.45) is -0.592. The molecule has 4 nitrogen and oxygen atoms in total. The molecule has 0 amide bonds. The summed E-state index contributed by atoms with van der Waals surface area (Å²) in [5.74, 6) is 1.75. The van der Waals surface area contributed by atoms with Crippen molar-refractivity contribution >= 4 is 16.8 Å². The van der Waals surface area contributed by atoms with Crippen molar-refractivity contribution in [2.24, 2.45) is 0 Å². The van der Waals surface area contributed by atoms with E-state index in [4.69, 9.17) is 18.9 Å². The molecule has 5 aromatic carbocycles. The molecule has 1 heterocycles. The Labute approximate surface area is 263 Å². The summed E-state index contributed by atoms with van der Waals surface area (Å²) in [5, 5.41) is 1.44. The van der Waals surface area contributed by atoms with Crippen molar-refractivity contribution < 1.29 is 36.5 Å². The van der Waals surface area contributed by atoms with Gasteiger partial charge in [0, 0.05) is 27.5 Å². The number of ether oxygens (including phenoxy) is 4. The molecule has 1 atom stereocenters. The van der Waals surface area contributed by atoms with Crippen LogP contribution >= 0.6 is 0 Å². The lowest BCUT2D eigenvalue weighted by atomic mass is 9.76. The van der Waals surface area contributed by atoms with Crippen molar-refractivity contribution in [3.8, 4) is 34.1 Å². The molecule has 2 aliphatic rings. The molecule has 1 aliphatic heterocycles. The van der Waals surface area contributed by atoms with Crippen molar-refractivity contribution in [2.45, 2.75) is 31.0 Å². The highest BCUT2D eigenvalue weighted by atomic mass is 19.4. The smallest absolute Gasteiger partial charge is 0.416 e. The van der Waals surface area contributed by atoms with Crippen LogP contribution in [0.2, 0.25) is 0 Å². The van der Waals surface area contributed by atoms with E-state index in [0.29, 0.717) is 45.1 Å². The van der Waals surface area contributed by atoms with Crippen molar-refractivity contribution in [3.63, 3.8) is 0 Å². The minimum absolute atomic E-state index is 0.383. The molecule has 0 bridgehead atoms. The highest BCUT2D eigenvalue weighted by Gasteiger charge is 2.45. The number of rotatable bonds is 5. The number of hydrogen-bond donors (Lipinski definition) is 0. The van der Waals surface area contributed by atoms with E-state index in [9.17, 15) is 17.6 Å². The monoisotopic (exact) mass is 626 g/mol. The Hall–Kier alpha value is -4.98. The molecule has 0 fully saturated rings. The van der Waals surface area contributed by atoms with Gasteiger partial charge in [-0.25, -0.2) is 4.39 Å². The first kappa shape index (κ1) is 29.7. The fourth-order valence-corrected chi connectivity index (χ4v) is 7.00. The first-order valence-electron chi connectivity index (χ1n) is 14.7. The van der Waals surface area contributed by atoms with Gasteiger partial charge in [0.25, 0.3) is 0 Å². The summed E-state index contributed by atoms with van der Waals surface area (Å²) < 4.78 is 79.9. The summed E-state index contributed by atoms with van der Waals surface area (Å²) in [6.45, 7) is 3.87. The van der Waals surface area contributed by atoms with Gasteiger partial charge in [0.15, 0.2) is 17.1 Å². The van der Waals surface area contributed by atoms with E-state index in [1.54, 1.807) is 32.4 Å². The van der Waals surface area contributed by atoms with Gasteiger partial charge in [0.2, 0.25) is 0 Å². The Morgan fingerprint density at radius 3 is 1.91 bits per heavy atom. The van der Waals surface area contributed by atoms with Gasteiger partial charge >= 0.3 is 6.18 Å².